The molecule has 0 saturated carbocycles. The molecule has 0 bridgehead atoms. The Hall–Kier alpha value is -2.93. The van der Waals surface area contributed by atoms with Gasteiger partial charge in [0.05, 0.1) is 35.3 Å². The molecular weight excluding hydrogens is 405 g/mol. The minimum absolute atomic E-state index is 0.00762. The lowest BCUT2D eigenvalue weighted by molar-refractivity contribution is -0.140. The summed E-state index contributed by atoms with van der Waals surface area (Å²) in [6, 6.07) is 6.75. The number of alkyl halides is 3. The Bertz CT molecular complexity index is 932. The van der Waals surface area contributed by atoms with E-state index in [-0.39, 0.29) is 39.9 Å². The normalized spacial score (nSPS) is 16.9. The fraction of sp³-hybridized carbons (Fsp3) is 0.316. The van der Waals surface area contributed by atoms with Gasteiger partial charge >= 0.3 is 12.1 Å². The Morgan fingerprint density at radius 1 is 1.41 bits per heavy atom. The van der Waals surface area contributed by atoms with Crippen LogP contribution in [-0.4, -0.2) is 23.5 Å². The third-order valence-electron chi connectivity index (χ3n) is 4.21. The van der Waals surface area contributed by atoms with Crippen LogP contribution in [0, 0.1) is 16.7 Å². The van der Waals surface area contributed by atoms with Crippen molar-refractivity contribution >= 4 is 22.9 Å². The van der Waals surface area contributed by atoms with Crippen molar-refractivity contribution in [3.05, 3.63) is 57.9 Å². The molecule has 0 aliphatic carbocycles. The average Bonchev–Trinajstić information content (AvgIpc) is 2.65. The summed E-state index contributed by atoms with van der Waals surface area (Å²) >= 11 is 0.900. The highest BCUT2D eigenvalue weighted by molar-refractivity contribution is 8.13. The van der Waals surface area contributed by atoms with Crippen LogP contribution < -0.4 is 11.1 Å². The van der Waals surface area contributed by atoms with E-state index >= 15 is 0 Å². The number of carbonyl (C=O) groups is 1. The number of benzene rings is 1. The molecule has 0 amide bonds. The van der Waals surface area contributed by atoms with Crippen LogP contribution in [0.3, 0.4) is 0 Å². The first-order valence-corrected chi connectivity index (χ1v) is 9.51. The predicted octanol–water partition coefficient (Wildman–Crippen LogP) is 3.63. The lowest BCUT2D eigenvalue weighted by Gasteiger charge is -2.31. The number of nitriles is 1. The zero-order valence-electron chi connectivity index (χ0n) is 15.7. The van der Waals surface area contributed by atoms with Gasteiger partial charge in [0.2, 0.25) is 0 Å². The molecule has 4 N–H and O–H groups in total. The maximum Gasteiger partial charge on any atom is 0.416 e. The molecular formula is C19H19F3N4O2S. The zero-order valence-corrected chi connectivity index (χ0v) is 16.5. The van der Waals surface area contributed by atoms with Crippen molar-refractivity contribution in [2.24, 2.45) is 5.73 Å². The van der Waals surface area contributed by atoms with E-state index in [2.05, 4.69) is 5.32 Å². The fourth-order valence-corrected chi connectivity index (χ4v) is 3.60. The Balaban J connectivity index is 2.78. The standard InChI is InChI=1S/C19H19F3N4O2S/c1-3-28-17(27)16-14(9-29-18(24)25)26-10(2)12(8-23)15(16)11-6-4-5-7-13(11)19(20,21)22/h4-7,15,26H,3,9H2,1-2H3,(H3,24,25). The number of amidine groups is 1. The number of nitrogens with zero attached hydrogens (tertiary/aromatic N) is 1. The molecule has 0 spiro atoms. The van der Waals surface area contributed by atoms with Gasteiger partial charge < -0.3 is 15.8 Å². The smallest absolute Gasteiger partial charge is 0.416 e. The van der Waals surface area contributed by atoms with Gasteiger partial charge in [0.15, 0.2) is 5.17 Å². The number of esters is 1. The van der Waals surface area contributed by atoms with Gasteiger partial charge in [-0.15, -0.1) is 0 Å². The van der Waals surface area contributed by atoms with Gasteiger partial charge in [0.25, 0.3) is 0 Å². The van der Waals surface area contributed by atoms with Crippen LogP contribution in [0.25, 0.3) is 0 Å². The molecule has 1 aromatic rings. The number of nitrogens with two attached hydrogens (primary N) is 1. The molecule has 1 aliphatic rings. The van der Waals surface area contributed by atoms with Crippen LogP contribution in [0.15, 0.2) is 46.8 Å². The molecule has 10 heteroatoms. The molecule has 0 fully saturated rings. The second-order valence-electron chi connectivity index (χ2n) is 6.06. The second-order valence-corrected chi connectivity index (χ2v) is 7.08. The summed E-state index contributed by atoms with van der Waals surface area (Å²) in [6.07, 6.45) is -4.68. The summed E-state index contributed by atoms with van der Waals surface area (Å²) in [5, 5.41) is 19.7. The molecule has 29 heavy (non-hydrogen) atoms. The average molecular weight is 424 g/mol. The van der Waals surface area contributed by atoms with Crippen molar-refractivity contribution < 1.29 is 22.7 Å². The van der Waals surface area contributed by atoms with Crippen molar-refractivity contribution in [3.63, 3.8) is 0 Å². The molecule has 1 heterocycles. The van der Waals surface area contributed by atoms with E-state index in [1.165, 1.54) is 18.2 Å². The quantitative estimate of drug-likeness (QED) is 0.378. The van der Waals surface area contributed by atoms with E-state index in [0.29, 0.717) is 5.70 Å². The van der Waals surface area contributed by atoms with E-state index in [1.807, 2.05) is 6.07 Å². The number of thioether (sulfide) groups is 1. The van der Waals surface area contributed by atoms with Crippen molar-refractivity contribution in [1.29, 1.82) is 10.7 Å². The highest BCUT2D eigenvalue weighted by Crippen LogP contribution is 2.44. The highest BCUT2D eigenvalue weighted by Gasteiger charge is 2.41. The van der Waals surface area contributed by atoms with Gasteiger partial charge in [-0.1, -0.05) is 30.0 Å². The van der Waals surface area contributed by atoms with E-state index < -0.39 is 23.6 Å². The highest BCUT2D eigenvalue weighted by atomic mass is 32.2. The first-order valence-electron chi connectivity index (χ1n) is 8.52. The first-order chi connectivity index (χ1) is 13.6. The van der Waals surface area contributed by atoms with E-state index in [4.69, 9.17) is 15.9 Å². The second kappa shape index (κ2) is 9.05. The van der Waals surface area contributed by atoms with Crippen molar-refractivity contribution in [1.82, 2.24) is 5.32 Å². The van der Waals surface area contributed by atoms with Gasteiger partial charge in [-0.3, -0.25) is 5.41 Å². The van der Waals surface area contributed by atoms with E-state index in [1.54, 1.807) is 13.8 Å². The fourth-order valence-electron chi connectivity index (χ4n) is 3.08. The number of carbonyl (C=O) groups excluding carboxylic acids is 1. The van der Waals surface area contributed by atoms with Crippen molar-refractivity contribution in [2.45, 2.75) is 25.9 Å². The topological polar surface area (TPSA) is 112 Å². The van der Waals surface area contributed by atoms with Crippen LogP contribution in [0.4, 0.5) is 13.2 Å². The summed E-state index contributed by atoms with van der Waals surface area (Å²) in [7, 11) is 0. The third kappa shape index (κ3) is 4.92. The lowest BCUT2D eigenvalue weighted by atomic mass is 9.79. The maximum absolute atomic E-state index is 13.7. The number of hydrogen-bond acceptors (Lipinski definition) is 6. The Kier molecular flexibility index (Phi) is 6.97. The number of halogens is 3. The molecule has 1 atom stereocenters. The minimum atomic E-state index is -4.68. The Morgan fingerprint density at radius 3 is 2.62 bits per heavy atom. The Morgan fingerprint density at radius 2 is 2.07 bits per heavy atom. The largest absolute Gasteiger partial charge is 0.463 e. The Labute approximate surface area is 170 Å². The summed E-state index contributed by atoms with van der Waals surface area (Å²) < 4.78 is 46.1. The van der Waals surface area contributed by atoms with Gasteiger partial charge in [0.1, 0.15) is 0 Å². The molecule has 1 aromatic carbocycles. The number of rotatable bonds is 5. The maximum atomic E-state index is 13.7. The molecule has 2 rings (SSSR count). The lowest BCUT2D eigenvalue weighted by Crippen LogP contribution is -2.32. The van der Waals surface area contributed by atoms with Crippen LogP contribution in [0.1, 0.15) is 30.9 Å². The number of nitrogens with one attached hydrogen (secondary N) is 2. The van der Waals surface area contributed by atoms with E-state index in [9.17, 15) is 23.2 Å². The van der Waals surface area contributed by atoms with Crippen LogP contribution in [0.5, 0.6) is 0 Å². The molecule has 0 saturated heterocycles. The zero-order chi connectivity index (χ0) is 21.8. The monoisotopic (exact) mass is 424 g/mol. The van der Waals surface area contributed by atoms with Gasteiger partial charge in [-0.2, -0.15) is 18.4 Å². The summed E-state index contributed by atoms with van der Waals surface area (Å²) in [5.74, 6) is -2.06. The van der Waals surface area contributed by atoms with Crippen molar-refractivity contribution in [2.75, 3.05) is 12.4 Å². The molecule has 6 nitrogen and oxygen atoms in total. The summed E-state index contributed by atoms with van der Waals surface area (Å²) in [4.78, 5) is 12.7. The van der Waals surface area contributed by atoms with Crippen LogP contribution in [0.2, 0.25) is 0 Å². The number of hydrogen-bond donors (Lipinski definition) is 3. The number of ether oxygens (including phenoxy) is 1. The minimum Gasteiger partial charge on any atom is -0.463 e. The first kappa shape index (κ1) is 22.4. The summed E-state index contributed by atoms with van der Waals surface area (Å²) in [5.41, 5.74) is 4.68. The predicted molar refractivity (Wildman–Crippen MR) is 104 cm³/mol. The molecule has 1 aliphatic heterocycles. The van der Waals surface area contributed by atoms with E-state index in [0.717, 1.165) is 17.8 Å². The van der Waals surface area contributed by atoms with Gasteiger partial charge in [0, 0.05) is 17.1 Å². The molecule has 0 radical (unpaired) electrons. The molecule has 0 aromatic heterocycles. The van der Waals surface area contributed by atoms with Crippen LogP contribution in [-0.2, 0) is 15.7 Å². The molecule has 1 unspecified atom stereocenters. The van der Waals surface area contributed by atoms with Crippen molar-refractivity contribution in [3.8, 4) is 6.07 Å². The number of dihydropyridines is 1. The van der Waals surface area contributed by atoms with Gasteiger partial charge in [-0.05, 0) is 25.5 Å². The summed E-state index contributed by atoms with van der Waals surface area (Å²) in [6.45, 7) is 3.12. The molecule has 154 valence electrons. The third-order valence-corrected chi connectivity index (χ3v) is 4.95. The number of allylic oxidation sites excluding steroid dienone is 2. The SMILES string of the molecule is CCOC(=O)C1=C(CSC(=N)N)NC(C)=C(C#N)C1c1ccccc1C(F)(F)F. The van der Waals surface area contributed by atoms with Gasteiger partial charge in [-0.25, -0.2) is 4.79 Å². The van der Waals surface area contributed by atoms with Crippen LogP contribution >= 0.6 is 11.8 Å².